The quantitative estimate of drug-likeness (QED) is 0.142. The molecule has 1 saturated carbocycles. The molecule has 43 heavy (non-hydrogen) atoms. The van der Waals surface area contributed by atoms with Crippen LogP contribution < -0.4 is 10.2 Å². The van der Waals surface area contributed by atoms with Crippen molar-refractivity contribution in [3.05, 3.63) is 94.7 Å². The molecule has 1 N–H and O–H groups in total. The van der Waals surface area contributed by atoms with Gasteiger partial charge in [-0.25, -0.2) is 4.99 Å². The third-order valence-corrected chi connectivity index (χ3v) is 9.80. The summed E-state index contributed by atoms with van der Waals surface area (Å²) < 4.78 is 0. The molecular weight excluding hydrogens is 528 g/mol. The molecule has 3 aliphatic rings. The van der Waals surface area contributed by atoms with Gasteiger partial charge in [0, 0.05) is 43.5 Å². The van der Waals surface area contributed by atoms with Crippen LogP contribution in [0.4, 0.5) is 11.4 Å². The number of carbonyl (C=O) groups excluding carboxylic acids is 1. The smallest absolute Gasteiger partial charge is 0.152 e. The van der Waals surface area contributed by atoms with Gasteiger partial charge in [-0.15, -0.1) is 0 Å². The Bertz CT molecular complexity index is 1410. The number of anilines is 2. The lowest BCUT2D eigenvalue weighted by Gasteiger charge is -2.34. The van der Waals surface area contributed by atoms with Crippen molar-refractivity contribution < 1.29 is 4.79 Å². The molecular formula is C38H50N4O. The monoisotopic (exact) mass is 578 g/mol. The fourth-order valence-corrected chi connectivity index (χ4v) is 6.88. The maximum Gasteiger partial charge on any atom is 0.152 e. The highest BCUT2D eigenvalue weighted by Gasteiger charge is 2.49. The number of benzene rings is 2. The molecule has 1 aliphatic heterocycles. The van der Waals surface area contributed by atoms with Crippen molar-refractivity contribution in [1.29, 1.82) is 0 Å². The fraction of sp³-hybridized carbons (Fsp3) is 0.474. The first-order valence-electron chi connectivity index (χ1n) is 16.4. The predicted molar refractivity (Wildman–Crippen MR) is 182 cm³/mol. The summed E-state index contributed by atoms with van der Waals surface area (Å²) in [5, 5.41) is 3.72. The summed E-state index contributed by atoms with van der Waals surface area (Å²) >= 11 is 0. The van der Waals surface area contributed by atoms with Crippen LogP contribution in [0.3, 0.4) is 0 Å². The van der Waals surface area contributed by atoms with Gasteiger partial charge in [0.25, 0.3) is 0 Å². The summed E-state index contributed by atoms with van der Waals surface area (Å²) in [6, 6.07) is 17.9. The molecule has 2 aromatic rings. The topological polar surface area (TPSA) is 47.9 Å². The molecule has 2 fully saturated rings. The van der Waals surface area contributed by atoms with E-state index in [1.54, 1.807) is 13.0 Å². The third kappa shape index (κ3) is 7.21. The first-order chi connectivity index (χ1) is 20.8. The van der Waals surface area contributed by atoms with E-state index in [1.807, 2.05) is 6.08 Å². The number of hydrogen-bond acceptors (Lipinski definition) is 4. The number of likely N-dealkylation sites (N-methyl/N-ethyl adjacent to an activating group) is 1. The largest absolute Gasteiger partial charge is 0.369 e. The summed E-state index contributed by atoms with van der Waals surface area (Å²) in [6.07, 6.45) is 10.4. The van der Waals surface area contributed by atoms with Crippen molar-refractivity contribution in [1.82, 2.24) is 4.90 Å². The van der Waals surface area contributed by atoms with E-state index < -0.39 is 0 Å². The van der Waals surface area contributed by atoms with Gasteiger partial charge < -0.3 is 15.1 Å². The molecule has 228 valence electrons. The molecule has 1 heterocycles. The van der Waals surface area contributed by atoms with Crippen molar-refractivity contribution in [3.63, 3.8) is 0 Å². The number of hydrogen-bond donors (Lipinski definition) is 1. The van der Waals surface area contributed by atoms with Gasteiger partial charge in [-0.05, 0) is 123 Å². The first-order valence-corrected chi connectivity index (χ1v) is 16.4. The lowest BCUT2D eigenvalue weighted by atomic mass is 9.79. The van der Waals surface area contributed by atoms with Crippen molar-refractivity contribution in [2.45, 2.75) is 66.2 Å². The van der Waals surface area contributed by atoms with E-state index in [-0.39, 0.29) is 11.7 Å². The summed E-state index contributed by atoms with van der Waals surface area (Å²) in [7, 11) is 2.19. The van der Waals surface area contributed by atoms with Gasteiger partial charge in [0.15, 0.2) is 5.78 Å². The second-order valence-corrected chi connectivity index (χ2v) is 12.8. The molecule has 0 bridgehead atoms. The van der Waals surface area contributed by atoms with Crippen LogP contribution in [0.5, 0.6) is 0 Å². The van der Waals surface area contributed by atoms with Crippen LogP contribution in [-0.2, 0) is 11.2 Å². The molecule has 2 aromatic carbocycles. The molecule has 5 heteroatoms. The Morgan fingerprint density at radius 2 is 1.79 bits per heavy atom. The molecule has 5 rings (SSSR count). The summed E-state index contributed by atoms with van der Waals surface area (Å²) in [4.78, 5) is 22.3. The van der Waals surface area contributed by atoms with Crippen molar-refractivity contribution in [2.24, 2.45) is 22.7 Å². The SMILES string of the molecule is C/C=C(/C=C\C(C)=O)C(N=C(Nc1ccc(N2CCN(C)CC2)cc1)C(C)CC)=C1C(C)C1C1CCCc2ccccc21. The highest BCUT2D eigenvalue weighted by Crippen LogP contribution is 2.59. The second-order valence-electron chi connectivity index (χ2n) is 12.8. The first kappa shape index (κ1) is 31.0. The van der Waals surface area contributed by atoms with E-state index in [0.29, 0.717) is 17.8 Å². The van der Waals surface area contributed by atoms with E-state index in [2.05, 4.69) is 104 Å². The van der Waals surface area contributed by atoms with Gasteiger partial charge >= 0.3 is 0 Å². The molecule has 5 nitrogen and oxygen atoms in total. The Labute approximate surface area is 259 Å². The molecule has 0 amide bonds. The Hall–Kier alpha value is -3.44. The minimum absolute atomic E-state index is 0.0509. The molecule has 0 radical (unpaired) electrons. The number of nitrogens with zero attached hydrogens (tertiary/aromatic N) is 3. The van der Waals surface area contributed by atoms with Crippen LogP contribution in [0.1, 0.15) is 70.9 Å². The normalized spacial score (nSPS) is 25.0. The van der Waals surface area contributed by atoms with Gasteiger partial charge in [0.05, 0.1) is 5.70 Å². The second kappa shape index (κ2) is 13.9. The number of amidine groups is 1. The fourth-order valence-electron chi connectivity index (χ4n) is 6.88. The predicted octanol–water partition coefficient (Wildman–Crippen LogP) is 8.03. The van der Waals surface area contributed by atoms with E-state index in [1.165, 1.54) is 41.6 Å². The van der Waals surface area contributed by atoms with Gasteiger partial charge in [-0.2, -0.15) is 0 Å². The van der Waals surface area contributed by atoms with Crippen molar-refractivity contribution in [3.8, 4) is 0 Å². The minimum Gasteiger partial charge on any atom is -0.369 e. The Morgan fingerprint density at radius 1 is 1.07 bits per heavy atom. The molecule has 1 saturated heterocycles. The summed E-state index contributed by atoms with van der Waals surface area (Å²) in [5.41, 5.74) is 8.85. The Morgan fingerprint density at radius 3 is 2.47 bits per heavy atom. The molecule has 4 atom stereocenters. The molecule has 0 aromatic heterocycles. The van der Waals surface area contributed by atoms with E-state index in [0.717, 1.165) is 55.4 Å². The average molecular weight is 579 g/mol. The molecule has 0 spiro atoms. The van der Waals surface area contributed by atoms with E-state index in [4.69, 9.17) is 4.99 Å². The van der Waals surface area contributed by atoms with Gasteiger partial charge in [0.2, 0.25) is 0 Å². The van der Waals surface area contributed by atoms with Gasteiger partial charge in [-0.1, -0.05) is 51.1 Å². The maximum absolute atomic E-state index is 12.0. The van der Waals surface area contributed by atoms with Gasteiger partial charge in [-0.3, -0.25) is 4.79 Å². The van der Waals surface area contributed by atoms with Crippen LogP contribution in [-0.4, -0.2) is 49.7 Å². The molecule has 4 unspecified atom stereocenters. The lowest BCUT2D eigenvalue weighted by Crippen LogP contribution is -2.44. The number of piperazine rings is 1. The average Bonchev–Trinajstić information content (AvgIpc) is 3.69. The Kier molecular flexibility index (Phi) is 10.0. The van der Waals surface area contributed by atoms with Crippen LogP contribution >= 0.6 is 0 Å². The van der Waals surface area contributed by atoms with Crippen LogP contribution in [0, 0.1) is 17.8 Å². The summed E-state index contributed by atoms with van der Waals surface area (Å²) in [5.74, 6) is 2.74. The van der Waals surface area contributed by atoms with Crippen LogP contribution in [0.15, 0.2) is 88.6 Å². The molecule has 2 aliphatic carbocycles. The van der Waals surface area contributed by atoms with Crippen LogP contribution in [0.25, 0.3) is 0 Å². The minimum atomic E-state index is 0.0509. The van der Waals surface area contributed by atoms with Crippen molar-refractivity contribution in [2.75, 3.05) is 43.4 Å². The number of rotatable bonds is 9. The number of allylic oxidation sites excluding steroid dienone is 4. The van der Waals surface area contributed by atoms with Crippen LogP contribution in [0.2, 0.25) is 0 Å². The lowest BCUT2D eigenvalue weighted by molar-refractivity contribution is -0.112. The summed E-state index contributed by atoms with van der Waals surface area (Å²) in [6.45, 7) is 14.8. The van der Waals surface area contributed by atoms with Gasteiger partial charge in [0.1, 0.15) is 5.84 Å². The highest BCUT2D eigenvalue weighted by molar-refractivity contribution is 5.98. The maximum atomic E-state index is 12.0. The third-order valence-electron chi connectivity index (χ3n) is 9.80. The zero-order valence-corrected chi connectivity index (χ0v) is 27.1. The standard InChI is InChI=1S/C38H50N4O/c1-7-26(3)38(39-31-18-20-32(21-19-31)42-24-22-41(6)23-25-42)40-37(29(8-2)17-16-27(4)43)36-28(5)35(36)34-15-11-13-30-12-9-10-14-33(30)34/h8-10,12,14,16-21,26,28,34-35H,7,11,13,15,22-25H2,1-6H3,(H,39,40)/b17-16-,29-8-,37-36?. The number of carbonyl (C=O) groups is 1. The number of ketones is 1. The number of aryl methyl sites for hydroxylation is 1. The number of fused-ring (bicyclic) bond motifs is 1. The van der Waals surface area contributed by atoms with Crippen molar-refractivity contribution >= 4 is 23.0 Å². The number of nitrogens with one attached hydrogen (secondary N) is 1. The Balaban J connectivity index is 1.50. The zero-order valence-electron chi connectivity index (χ0n) is 27.1. The van der Waals surface area contributed by atoms with E-state index in [9.17, 15) is 4.79 Å². The van der Waals surface area contributed by atoms with E-state index >= 15 is 0 Å². The zero-order chi connectivity index (χ0) is 30.5. The highest BCUT2D eigenvalue weighted by atomic mass is 16.1. The number of aliphatic imine (C=N–C) groups is 1.